The van der Waals surface area contributed by atoms with Crippen LogP contribution in [0, 0.1) is 13.8 Å². The van der Waals surface area contributed by atoms with Gasteiger partial charge < -0.3 is 15.2 Å². The molecule has 0 saturated heterocycles. The van der Waals surface area contributed by atoms with Gasteiger partial charge in [0.05, 0.1) is 0 Å². The van der Waals surface area contributed by atoms with Crippen LogP contribution in [0.3, 0.4) is 0 Å². The molecule has 0 radical (unpaired) electrons. The standard InChI is InChI=1S/C16H27NO2/c1-5-14(6-2)17-10-15(18)11-19-16-8-7-12(3)9-13(16)4/h7-9,14-15,17-18H,5-6,10-11H2,1-4H3. The van der Waals surface area contributed by atoms with Gasteiger partial charge in [0.25, 0.3) is 0 Å². The minimum atomic E-state index is -0.471. The summed E-state index contributed by atoms with van der Waals surface area (Å²) in [5.74, 6) is 0.854. The minimum Gasteiger partial charge on any atom is -0.491 e. The number of hydrogen-bond acceptors (Lipinski definition) is 3. The number of hydrogen-bond donors (Lipinski definition) is 2. The molecule has 108 valence electrons. The van der Waals surface area contributed by atoms with Crippen molar-refractivity contribution in [3.63, 3.8) is 0 Å². The first kappa shape index (κ1) is 16.0. The molecule has 0 heterocycles. The molecule has 1 aromatic carbocycles. The zero-order chi connectivity index (χ0) is 14.3. The number of benzene rings is 1. The smallest absolute Gasteiger partial charge is 0.122 e. The van der Waals surface area contributed by atoms with Crippen LogP contribution >= 0.6 is 0 Å². The number of aliphatic hydroxyl groups excluding tert-OH is 1. The molecule has 0 bridgehead atoms. The van der Waals surface area contributed by atoms with E-state index in [4.69, 9.17) is 4.74 Å². The van der Waals surface area contributed by atoms with Gasteiger partial charge in [-0.15, -0.1) is 0 Å². The molecule has 0 aromatic heterocycles. The van der Waals surface area contributed by atoms with Crippen LogP contribution in [0.4, 0.5) is 0 Å². The Kier molecular flexibility index (Phi) is 6.89. The molecule has 1 atom stereocenters. The molecule has 3 heteroatoms. The van der Waals surface area contributed by atoms with Crippen molar-refractivity contribution in [2.24, 2.45) is 0 Å². The van der Waals surface area contributed by atoms with Crippen molar-refractivity contribution < 1.29 is 9.84 Å². The predicted octanol–water partition coefficient (Wildman–Crippen LogP) is 2.82. The maximum absolute atomic E-state index is 9.91. The first-order chi connectivity index (χ1) is 9.06. The lowest BCUT2D eigenvalue weighted by atomic mass is 10.1. The van der Waals surface area contributed by atoms with Crippen molar-refractivity contribution >= 4 is 0 Å². The average Bonchev–Trinajstić information content (AvgIpc) is 2.39. The Morgan fingerprint density at radius 3 is 2.47 bits per heavy atom. The molecule has 0 spiro atoms. The lowest BCUT2D eigenvalue weighted by molar-refractivity contribution is 0.103. The van der Waals surface area contributed by atoms with E-state index >= 15 is 0 Å². The van der Waals surface area contributed by atoms with Crippen molar-refractivity contribution in [1.29, 1.82) is 0 Å². The summed E-state index contributed by atoms with van der Waals surface area (Å²) in [6, 6.07) is 6.56. The fourth-order valence-corrected chi connectivity index (χ4v) is 2.09. The monoisotopic (exact) mass is 265 g/mol. The Hall–Kier alpha value is -1.06. The van der Waals surface area contributed by atoms with E-state index in [-0.39, 0.29) is 0 Å². The second-order valence-electron chi connectivity index (χ2n) is 5.16. The molecular weight excluding hydrogens is 238 g/mol. The molecule has 3 nitrogen and oxygen atoms in total. The molecule has 1 aromatic rings. The Morgan fingerprint density at radius 1 is 1.21 bits per heavy atom. The van der Waals surface area contributed by atoms with Gasteiger partial charge in [-0.05, 0) is 38.3 Å². The van der Waals surface area contributed by atoms with Crippen molar-refractivity contribution in [2.45, 2.75) is 52.7 Å². The summed E-state index contributed by atoms with van der Waals surface area (Å²) in [7, 11) is 0. The first-order valence-corrected chi connectivity index (χ1v) is 7.18. The number of ether oxygens (including phenoxy) is 1. The Morgan fingerprint density at radius 2 is 1.89 bits per heavy atom. The third-order valence-corrected chi connectivity index (χ3v) is 3.39. The summed E-state index contributed by atoms with van der Waals surface area (Å²) in [5.41, 5.74) is 2.33. The highest BCUT2D eigenvalue weighted by atomic mass is 16.5. The molecule has 0 saturated carbocycles. The van der Waals surface area contributed by atoms with Crippen LogP contribution in [0.15, 0.2) is 18.2 Å². The largest absolute Gasteiger partial charge is 0.491 e. The summed E-state index contributed by atoms with van der Waals surface area (Å²) in [6.07, 6.45) is 1.70. The zero-order valence-electron chi connectivity index (χ0n) is 12.6. The molecule has 0 fully saturated rings. The lowest BCUT2D eigenvalue weighted by Gasteiger charge is -2.19. The molecule has 1 rings (SSSR count). The van der Waals surface area contributed by atoms with Crippen LogP contribution in [0.25, 0.3) is 0 Å². The second kappa shape index (κ2) is 8.18. The maximum Gasteiger partial charge on any atom is 0.122 e. The normalized spacial score (nSPS) is 12.7. The van der Waals surface area contributed by atoms with Crippen LogP contribution in [-0.4, -0.2) is 30.4 Å². The third kappa shape index (κ3) is 5.62. The van der Waals surface area contributed by atoms with Gasteiger partial charge in [-0.2, -0.15) is 0 Å². The van der Waals surface area contributed by atoms with Gasteiger partial charge in [0.2, 0.25) is 0 Å². The fraction of sp³-hybridized carbons (Fsp3) is 0.625. The number of aryl methyl sites for hydroxylation is 2. The SMILES string of the molecule is CCC(CC)NCC(O)COc1ccc(C)cc1C. The van der Waals surface area contributed by atoms with Gasteiger partial charge in [-0.3, -0.25) is 0 Å². The quantitative estimate of drug-likeness (QED) is 0.759. The number of rotatable bonds is 8. The van der Waals surface area contributed by atoms with E-state index in [1.807, 2.05) is 19.1 Å². The Bertz CT molecular complexity index is 375. The van der Waals surface area contributed by atoms with E-state index in [0.29, 0.717) is 19.2 Å². The highest BCUT2D eigenvalue weighted by Crippen LogP contribution is 2.18. The van der Waals surface area contributed by atoms with Gasteiger partial charge >= 0.3 is 0 Å². The third-order valence-electron chi connectivity index (χ3n) is 3.39. The molecule has 0 amide bonds. The first-order valence-electron chi connectivity index (χ1n) is 7.18. The van der Waals surface area contributed by atoms with E-state index in [9.17, 15) is 5.11 Å². The van der Waals surface area contributed by atoms with E-state index in [2.05, 4.69) is 32.2 Å². The van der Waals surface area contributed by atoms with Gasteiger partial charge in [-0.25, -0.2) is 0 Å². The van der Waals surface area contributed by atoms with Crippen LogP contribution < -0.4 is 10.1 Å². The van der Waals surface area contributed by atoms with Crippen LogP contribution in [0.2, 0.25) is 0 Å². The molecule has 19 heavy (non-hydrogen) atoms. The highest BCUT2D eigenvalue weighted by molar-refractivity contribution is 5.35. The van der Waals surface area contributed by atoms with E-state index < -0.39 is 6.10 Å². The maximum atomic E-state index is 9.91. The molecule has 0 aliphatic carbocycles. The molecule has 1 unspecified atom stereocenters. The Labute approximate surface area is 117 Å². The van der Waals surface area contributed by atoms with Crippen LogP contribution in [-0.2, 0) is 0 Å². The summed E-state index contributed by atoms with van der Waals surface area (Å²) in [5, 5.41) is 13.3. The van der Waals surface area contributed by atoms with E-state index in [1.54, 1.807) is 0 Å². The number of aliphatic hydroxyl groups is 1. The lowest BCUT2D eigenvalue weighted by Crippen LogP contribution is -2.37. The summed E-state index contributed by atoms with van der Waals surface area (Å²) in [6.45, 7) is 9.30. The molecular formula is C16H27NO2. The topological polar surface area (TPSA) is 41.5 Å². The van der Waals surface area contributed by atoms with Crippen LogP contribution in [0.5, 0.6) is 5.75 Å². The van der Waals surface area contributed by atoms with Crippen molar-refractivity contribution in [3.05, 3.63) is 29.3 Å². The van der Waals surface area contributed by atoms with Crippen molar-refractivity contribution in [1.82, 2.24) is 5.32 Å². The fourth-order valence-electron chi connectivity index (χ4n) is 2.09. The number of nitrogens with one attached hydrogen (secondary N) is 1. The van der Waals surface area contributed by atoms with Gasteiger partial charge in [0, 0.05) is 12.6 Å². The van der Waals surface area contributed by atoms with E-state index in [1.165, 1.54) is 5.56 Å². The molecule has 0 aliphatic heterocycles. The summed E-state index contributed by atoms with van der Waals surface area (Å²) < 4.78 is 5.66. The minimum absolute atomic E-state index is 0.330. The van der Waals surface area contributed by atoms with Gasteiger partial charge in [0.15, 0.2) is 0 Å². The Balaban J connectivity index is 2.35. The average molecular weight is 265 g/mol. The van der Waals surface area contributed by atoms with E-state index in [0.717, 1.165) is 24.2 Å². The molecule has 0 aliphatic rings. The van der Waals surface area contributed by atoms with Crippen molar-refractivity contribution in [3.8, 4) is 5.75 Å². The van der Waals surface area contributed by atoms with Crippen LogP contribution in [0.1, 0.15) is 37.8 Å². The highest BCUT2D eigenvalue weighted by Gasteiger charge is 2.09. The molecule has 2 N–H and O–H groups in total. The summed E-state index contributed by atoms with van der Waals surface area (Å²) >= 11 is 0. The van der Waals surface area contributed by atoms with Gasteiger partial charge in [0.1, 0.15) is 18.5 Å². The van der Waals surface area contributed by atoms with Gasteiger partial charge in [-0.1, -0.05) is 31.5 Å². The predicted molar refractivity (Wildman–Crippen MR) is 79.8 cm³/mol. The second-order valence-corrected chi connectivity index (χ2v) is 5.16. The van der Waals surface area contributed by atoms with Crippen molar-refractivity contribution in [2.75, 3.05) is 13.2 Å². The zero-order valence-corrected chi connectivity index (χ0v) is 12.6. The summed E-state index contributed by atoms with van der Waals surface area (Å²) in [4.78, 5) is 0.